The fourth-order valence-corrected chi connectivity index (χ4v) is 1.95. The van der Waals surface area contributed by atoms with E-state index in [-0.39, 0.29) is 24.0 Å². The molecule has 0 saturated heterocycles. The van der Waals surface area contributed by atoms with Gasteiger partial charge < -0.3 is 10.4 Å². The molecule has 1 rings (SSSR count). The van der Waals surface area contributed by atoms with Gasteiger partial charge in [0.05, 0.1) is 6.61 Å². The van der Waals surface area contributed by atoms with Crippen LogP contribution in [0.5, 0.6) is 0 Å². The third-order valence-electron chi connectivity index (χ3n) is 3.77. The molecule has 0 aromatic heterocycles. The molecule has 0 radical (unpaired) electrons. The van der Waals surface area contributed by atoms with E-state index in [0.717, 1.165) is 18.5 Å². The Morgan fingerprint density at radius 2 is 2.11 bits per heavy atom. The summed E-state index contributed by atoms with van der Waals surface area (Å²) < 4.78 is 13.2. The van der Waals surface area contributed by atoms with Crippen molar-refractivity contribution >= 4 is 0 Å². The molecule has 1 atom stereocenters. The zero-order valence-electron chi connectivity index (χ0n) is 12.3. The molecule has 0 aliphatic carbocycles. The van der Waals surface area contributed by atoms with Crippen molar-refractivity contribution < 1.29 is 9.50 Å². The lowest BCUT2D eigenvalue weighted by atomic mass is 10.0. The molecule has 108 valence electrons. The van der Waals surface area contributed by atoms with Gasteiger partial charge in [-0.2, -0.15) is 0 Å². The molecule has 3 nitrogen and oxygen atoms in total. The lowest BCUT2D eigenvalue weighted by molar-refractivity contribution is 0.0760. The van der Waals surface area contributed by atoms with E-state index in [2.05, 4.69) is 10.2 Å². The molecule has 1 aromatic carbocycles. The van der Waals surface area contributed by atoms with Crippen LogP contribution in [0.25, 0.3) is 0 Å². The Morgan fingerprint density at radius 1 is 1.42 bits per heavy atom. The molecular formula is C15H25FN2O. The summed E-state index contributed by atoms with van der Waals surface area (Å²) in [6, 6.07) is 6.81. The molecular weight excluding hydrogens is 243 g/mol. The number of hydrogen-bond donors (Lipinski definition) is 2. The standard InChI is InChI=1S/C15H25FN2O/c1-15(2,11-19)18(4)9-8-14(17-3)12-6-5-7-13(16)10-12/h5-7,10,14,17,19H,8-9,11H2,1-4H3. The van der Waals surface area contributed by atoms with Gasteiger partial charge in [0.25, 0.3) is 0 Å². The first kappa shape index (κ1) is 16.1. The van der Waals surface area contributed by atoms with Gasteiger partial charge >= 0.3 is 0 Å². The van der Waals surface area contributed by atoms with Crippen LogP contribution >= 0.6 is 0 Å². The fraction of sp³-hybridized carbons (Fsp3) is 0.600. The maximum absolute atomic E-state index is 13.2. The highest BCUT2D eigenvalue weighted by molar-refractivity contribution is 5.20. The predicted octanol–water partition coefficient (Wildman–Crippen LogP) is 2.18. The van der Waals surface area contributed by atoms with Crippen LogP contribution in [0.1, 0.15) is 31.9 Å². The number of hydrogen-bond acceptors (Lipinski definition) is 3. The van der Waals surface area contributed by atoms with Gasteiger partial charge in [0.2, 0.25) is 0 Å². The number of nitrogens with zero attached hydrogens (tertiary/aromatic N) is 1. The van der Waals surface area contributed by atoms with Crippen molar-refractivity contribution in [2.75, 3.05) is 27.2 Å². The second kappa shape index (κ2) is 6.98. The SMILES string of the molecule is CNC(CCN(C)C(C)(C)CO)c1cccc(F)c1. The largest absolute Gasteiger partial charge is 0.394 e. The number of halogens is 1. The highest BCUT2D eigenvalue weighted by Crippen LogP contribution is 2.20. The van der Waals surface area contributed by atoms with Crippen molar-refractivity contribution in [3.05, 3.63) is 35.6 Å². The molecule has 0 saturated carbocycles. The van der Waals surface area contributed by atoms with Gasteiger partial charge in [-0.3, -0.25) is 4.90 Å². The summed E-state index contributed by atoms with van der Waals surface area (Å²) in [5.74, 6) is -0.207. The summed E-state index contributed by atoms with van der Waals surface area (Å²) in [6.45, 7) is 4.95. The van der Waals surface area contributed by atoms with E-state index in [1.807, 2.05) is 34.0 Å². The summed E-state index contributed by atoms with van der Waals surface area (Å²) in [5.41, 5.74) is 0.720. The van der Waals surface area contributed by atoms with Crippen molar-refractivity contribution in [2.24, 2.45) is 0 Å². The van der Waals surface area contributed by atoms with Gasteiger partial charge in [-0.1, -0.05) is 12.1 Å². The molecule has 0 aliphatic rings. The number of likely N-dealkylation sites (N-methyl/N-ethyl adjacent to an activating group) is 1. The van der Waals surface area contributed by atoms with Gasteiger partial charge in [-0.25, -0.2) is 4.39 Å². The van der Waals surface area contributed by atoms with Crippen LogP contribution in [-0.2, 0) is 0 Å². The first-order valence-corrected chi connectivity index (χ1v) is 6.65. The highest BCUT2D eigenvalue weighted by Gasteiger charge is 2.23. The van der Waals surface area contributed by atoms with E-state index >= 15 is 0 Å². The Hall–Kier alpha value is -0.970. The number of benzene rings is 1. The Morgan fingerprint density at radius 3 is 2.63 bits per heavy atom. The molecule has 0 aliphatic heterocycles. The van der Waals surface area contributed by atoms with Crippen molar-refractivity contribution in [2.45, 2.75) is 31.8 Å². The summed E-state index contributed by atoms with van der Waals surface area (Å²) in [6.07, 6.45) is 0.861. The van der Waals surface area contributed by atoms with Gasteiger partial charge in [0.1, 0.15) is 5.82 Å². The van der Waals surface area contributed by atoms with Gasteiger partial charge in [-0.05, 0) is 52.1 Å². The Labute approximate surface area is 115 Å². The van der Waals surface area contributed by atoms with E-state index in [4.69, 9.17) is 0 Å². The highest BCUT2D eigenvalue weighted by atomic mass is 19.1. The lowest BCUT2D eigenvalue weighted by Crippen LogP contribution is -2.45. The third-order valence-corrected chi connectivity index (χ3v) is 3.77. The lowest BCUT2D eigenvalue weighted by Gasteiger charge is -2.34. The first-order valence-electron chi connectivity index (χ1n) is 6.65. The van der Waals surface area contributed by atoms with Crippen LogP contribution in [0, 0.1) is 5.82 Å². The topological polar surface area (TPSA) is 35.5 Å². The molecule has 0 spiro atoms. The van der Waals surface area contributed by atoms with Crippen LogP contribution in [0.15, 0.2) is 24.3 Å². The molecule has 0 heterocycles. The first-order chi connectivity index (χ1) is 8.90. The average Bonchev–Trinajstić information content (AvgIpc) is 2.39. The summed E-state index contributed by atoms with van der Waals surface area (Å²) in [5, 5.41) is 12.5. The molecule has 0 amide bonds. The van der Waals surface area contributed by atoms with Crippen LogP contribution in [0.4, 0.5) is 4.39 Å². The Kier molecular flexibility index (Phi) is 5.91. The van der Waals surface area contributed by atoms with Gasteiger partial charge in [0, 0.05) is 18.1 Å². The second-order valence-corrected chi connectivity index (χ2v) is 5.58. The van der Waals surface area contributed by atoms with Gasteiger partial charge in [-0.15, -0.1) is 0 Å². The number of nitrogens with one attached hydrogen (secondary N) is 1. The number of rotatable bonds is 7. The number of aliphatic hydroxyl groups is 1. The predicted molar refractivity (Wildman–Crippen MR) is 76.6 cm³/mol. The molecule has 2 N–H and O–H groups in total. The van der Waals surface area contributed by atoms with Gasteiger partial charge in [0.15, 0.2) is 0 Å². The van der Waals surface area contributed by atoms with Crippen LogP contribution in [0.3, 0.4) is 0 Å². The normalized spacial score (nSPS) is 13.8. The minimum absolute atomic E-state index is 0.118. The molecule has 0 bridgehead atoms. The Balaban J connectivity index is 2.64. The maximum atomic E-state index is 13.2. The van der Waals surface area contributed by atoms with Crippen molar-refractivity contribution in [1.82, 2.24) is 10.2 Å². The fourth-order valence-electron chi connectivity index (χ4n) is 1.95. The summed E-state index contributed by atoms with van der Waals surface area (Å²) in [4.78, 5) is 2.12. The van der Waals surface area contributed by atoms with Crippen LogP contribution < -0.4 is 5.32 Å². The molecule has 1 aromatic rings. The second-order valence-electron chi connectivity index (χ2n) is 5.58. The summed E-state index contributed by atoms with van der Waals surface area (Å²) >= 11 is 0. The van der Waals surface area contributed by atoms with Crippen molar-refractivity contribution in [3.63, 3.8) is 0 Å². The van der Waals surface area contributed by atoms with Crippen LogP contribution in [-0.4, -0.2) is 42.8 Å². The smallest absolute Gasteiger partial charge is 0.123 e. The quantitative estimate of drug-likeness (QED) is 0.795. The summed E-state index contributed by atoms with van der Waals surface area (Å²) in [7, 11) is 3.88. The van der Waals surface area contributed by atoms with E-state index in [0.29, 0.717) is 0 Å². The third kappa shape index (κ3) is 4.56. The van der Waals surface area contributed by atoms with E-state index in [9.17, 15) is 9.50 Å². The minimum Gasteiger partial charge on any atom is -0.394 e. The zero-order valence-corrected chi connectivity index (χ0v) is 12.3. The van der Waals surface area contributed by atoms with E-state index in [1.165, 1.54) is 6.07 Å². The molecule has 4 heteroatoms. The zero-order chi connectivity index (χ0) is 14.5. The molecule has 0 fully saturated rings. The van der Waals surface area contributed by atoms with Crippen molar-refractivity contribution in [3.8, 4) is 0 Å². The van der Waals surface area contributed by atoms with E-state index < -0.39 is 0 Å². The maximum Gasteiger partial charge on any atom is 0.123 e. The van der Waals surface area contributed by atoms with E-state index in [1.54, 1.807) is 12.1 Å². The minimum atomic E-state index is -0.236. The Bertz CT molecular complexity index is 395. The molecule has 19 heavy (non-hydrogen) atoms. The number of aliphatic hydroxyl groups excluding tert-OH is 1. The molecule has 1 unspecified atom stereocenters. The monoisotopic (exact) mass is 268 g/mol. The van der Waals surface area contributed by atoms with Crippen LogP contribution in [0.2, 0.25) is 0 Å². The van der Waals surface area contributed by atoms with Crippen molar-refractivity contribution in [1.29, 1.82) is 0 Å². The average molecular weight is 268 g/mol.